The van der Waals surface area contributed by atoms with Gasteiger partial charge in [0.1, 0.15) is 0 Å². The lowest BCUT2D eigenvalue weighted by Crippen LogP contribution is -2.12. The maximum absolute atomic E-state index is 4.60. The molecule has 0 aliphatic heterocycles. The molecule has 0 aliphatic carbocycles. The summed E-state index contributed by atoms with van der Waals surface area (Å²) in [6.45, 7) is 1.64. The Morgan fingerprint density at radius 1 is 1.04 bits per heavy atom. The molecule has 4 aromatic rings. The molecule has 0 unspecified atom stereocenters. The molecule has 3 aromatic heterocycles. The van der Waals surface area contributed by atoms with Crippen molar-refractivity contribution in [2.45, 2.75) is 13.1 Å². The van der Waals surface area contributed by atoms with Crippen LogP contribution in [0.15, 0.2) is 60.4 Å². The van der Waals surface area contributed by atoms with E-state index in [0.29, 0.717) is 0 Å². The molecule has 0 spiro atoms. The van der Waals surface area contributed by atoms with Gasteiger partial charge in [-0.15, -0.1) is 11.3 Å². The molecule has 4 rings (SSSR count). The summed E-state index contributed by atoms with van der Waals surface area (Å²) in [5, 5.41) is 11.7. The van der Waals surface area contributed by atoms with Gasteiger partial charge < -0.3 is 5.32 Å². The smallest absolute Gasteiger partial charge is 0.0969 e. The van der Waals surface area contributed by atoms with E-state index in [1.54, 1.807) is 23.7 Å². The Morgan fingerprint density at radius 3 is 2.71 bits per heavy atom. The van der Waals surface area contributed by atoms with Gasteiger partial charge in [-0.1, -0.05) is 18.2 Å². The molecule has 0 bridgehead atoms. The lowest BCUT2D eigenvalue weighted by Gasteiger charge is -2.05. The Bertz CT molecular complexity index is 956. The second-order valence-corrected chi connectivity index (χ2v) is 6.68. The van der Waals surface area contributed by atoms with E-state index in [1.807, 2.05) is 23.9 Å². The van der Waals surface area contributed by atoms with Gasteiger partial charge in [-0.2, -0.15) is 5.10 Å². The van der Waals surface area contributed by atoms with Crippen LogP contribution < -0.4 is 5.32 Å². The fraction of sp³-hybridized carbons (Fsp3) is 0.158. The summed E-state index contributed by atoms with van der Waals surface area (Å²) >= 11 is 1.80. The molecule has 0 amide bonds. The fourth-order valence-corrected chi connectivity index (χ4v) is 3.88. The topological polar surface area (TPSA) is 42.7 Å². The number of benzene rings is 1. The van der Waals surface area contributed by atoms with Crippen LogP contribution in [0.1, 0.15) is 11.1 Å². The molecule has 0 fully saturated rings. The van der Waals surface area contributed by atoms with E-state index in [-0.39, 0.29) is 0 Å². The second-order valence-electron chi connectivity index (χ2n) is 5.77. The number of hydrogen-bond acceptors (Lipinski definition) is 4. The van der Waals surface area contributed by atoms with E-state index in [1.165, 1.54) is 21.2 Å². The lowest BCUT2D eigenvalue weighted by molar-refractivity contribution is 0.696. The van der Waals surface area contributed by atoms with Crippen molar-refractivity contribution < 1.29 is 0 Å². The van der Waals surface area contributed by atoms with Gasteiger partial charge in [0.2, 0.25) is 0 Å². The standard InChI is InChI=1S/C19H18N4S/c1-23-12-15(19(22-23)14-6-8-20-9-7-14)10-21-11-16-13-24-18-5-3-2-4-17(16)18/h2-9,12-13,21H,10-11H2,1H3. The van der Waals surface area contributed by atoms with Crippen LogP contribution >= 0.6 is 11.3 Å². The van der Waals surface area contributed by atoms with Crippen LogP contribution in [-0.2, 0) is 20.1 Å². The minimum Gasteiger partial charge on any atom is -0.308 e. The van der Waals surface area contributed by atoms with Gasteiger partial charge in [0.15, 0.2) is 0 Å². The largest absolute Gasteiger partial charge is 0.308 e. The van der Waals surface area contributed by atoms with Crippen molar-refractivity contribution in [3.8, 4) is 11.3 Å². The van der Waals surface area contributed by atoms with Crippen molar-refractivity contribution in [1.29, 1.82) is 0 Å². The van der Waals surface area contributed by atoms with Crippen LogP contribution in [0.3, 0.4) is 0 Å². The highest BCUT2D eigenvalue weighted by molar-refractivity contribution is 7.17. The average molecular weight is 334 g/mol. The number of aromatic nitrogens is 3. The first-order valence-corrected chi connectivity index (χ1v) is 8.78. The summed E-state index contributed by atoms with van der Waals surface area (Å²) in [6, 6.07) is 12.5. The maximum Gasteiger partial charge on any atom is 0.0969 e. The Morgan fingerprint density at radius 2 is 1.83 bits per heavy atom. The summed E-state index contributed by atoms with van der Waals surface area (Å²) in [5.41, 5.74) is 4.67. The van der Waals surface area contributed by atoms with Crippen molar-refractivity contribution in [2.75, 3.05) is 0 Å². The predicted octanol–water partition coefficient (Wildman–Crippen LogP) is 3.99. The maximum atomic E-state index is 4.60. The van der Waals surface area contributed by atoms with Gasteiger partial charge in [0.05, 0.1) is 5.69 Å². The third-order valence-corrected chi connectivity index (χ3v) is 5.06. The molecule has 0 saturated heterocycles. The van der Waals surface area contributed by atoms with Crippen molar-refractivity contribution >= 4 is 21.4 Å². The molecule has 0 radical (unpaired) electrons. The highest BCUT2D eigenvalue weighted by Gasteiger charge is 2.10. The van der Waals surface area contributed by atoms with E-state index in [2.05, 4.69) is 51.2 Å². The summed E-state index contributed by atoms with van der Waals surface area (Å²) in [4.78, 5) is 4.08. The molecule has 3 heterocycles. The summed E-state index contributed by atoms with van der Waals surface area (Å²) in [5.74, 6) is 0. The molecule has 120 valence electrons. The third kappa shape index (κ3) is 2.96. The summed E-state index contributed by atoms with van der Waals surface area (Å²) < 4.78 is 3.21. The van der Waals surface area contributed by atoms with Crippen molar-refractivity contribution in [3.63, 3.8) is 0 Å². The van der Waals surface area contributed by atoms with Crippen LogP contribution in [0.2, 0.25) is 0 Å². The quantitative estimate of drug-likeness (QED) is 0.600. The highest BCUT2D eigenvalue weighted by atomic mass is 32.1. The Kier molecular flexibility index (Phi) is 4.11. The Labute approximate surface area is 144 Å². The van der Waals surface area contributed by atoms with Gasteiger partial charge in [-0.3, -0.25) is 9.67 Å². The fourth-order valence-electron chi connectivity index (χ4n) is 2.92. The molecule has 0 saturated carbocycles. The molecule has 24 heavy (non-hydrogen) atoms. The van der Waals surface area contributed by atoms with Crippen molar-refractivity contribution in [2.24, 2.45) is 7.05 Å². The van der Waals surface area contributed by atoms with E-state index in [0.717, 1.165) is 24.3 Å². The molecule has 0 atom stereocenters. The van der Waals surface area contributed by atoms with Crippen molar-refractivity contribution in [1.82, 2.24) is 20.1 Å². The number of nitrogens with zero attached hydrogens (tertiary/aromatic N) is 3. The normalized spacial score (nSPS) is 11.2. The minimum atomic E-state index is 0.787. The van der Waals surface area contributed by atoms with Crippen LogP contribution in [0.5, 0.6) is 0 Å². The monoisotopic (exact) mass is 334 g/mol. The molecular weight excluding hydrogens is 316 g/mol. The van der Waals surface area contributed by atoms with Gasteiger partial charge >= 0.3 is 0 Å². The number of hydrogen-bond donors (Lipinski definition) is 1. The van der Waals surface area contributed by atoms with Gasteiger partial charge in [-0.05, 0) is 34.5 Å². The van der Waals surface area contributed by atoms with E-state index < -0.39 is 0 Å². The third-order valence-electron chi connectivity index (χ3n) is 4.05. The lowest BCUT2D eigenvalue weighted by atomic mass is 10.1. The minimum absolute atomic E-state index is 0.787. The first kappa shape index (κ1) is 15.1. The number of rotatable bonds is 5. The number of pyridine rings is 1. The Balaban J connectivity index is 1.51. The zero-order valence-corrected chi connectivity index (χ0v) is 14.3. The summed E-state index contributed by atoms with van der Waals surface area (Å²) in [7, 11) is 1.96. The van der Waals surface area contributed by atoms with E-state index in [9.17, 15) is 0 Å². The highest BCUT2D eigenvalue weighted by Crippen LogP contribution is 2.26. The zero-order valence-electron chi connectivity index (χ0n) is 13.4. The van der Waals surface area contributed by atoms with Gasteiger partial charge in [0, 0.05) is 54.6 Å². The van der Waals surface area contributed by atoms with E-state index in [4.69, 9.17) is 0 Å². The number of thiophene rings is 1. The van der Waals surface area contributed by atoms with Crippen molar-refractivity contribution in [3.05, 3.63) is 71.5 Å². The van der Waals surface area contributed by atoms with Gasteiger partial charge in [0.25, 0.3) is 0 Å². The first-order chi connectivity index (χ1) is 11.8. The first-order valence-electron chi connectivity index (χ1n) is 7.90. The molecule has 5 heteroatoms. The SMILES string of the molecule is Cn1cc(CNCc2csc3ccccc23)c(-c2ccncc2)n1. The van der Waals surface area contributed by atoms with Crippen LogP contribution in [0.4, 0.5) is 0 Å². The second kappa shape index (κ2) is 6.55. The Hall–Kier alpha value is -2.50. The molecule has 4 nitrogen and oxygen atoms in total. The molecule has 0 aliphatic rings. The predicted molar refractivity (Wildman–Crippen MR) is 98.8 cm³/mol. The van der Waals surface area contributed by atoms with Crippen LogP contribution in [0, 0.1) is 0 Å². The molecular formula is C19H18N4S. The zero-order chi connectivity index (χ0) is 16.4. The molecule has 1 aromatic carbocycles. The van der Waals surface area contributed by atoms with Crippen LogP contribution in [-0.4, -0.2) is 14.8 Å². The number of aryl methyl sites for hydroxylation is 1. The molecule has 1 N–H and O–H groups in total. The number of fused-ring (bicyclic) bond motifs is 1. The van der Waals surface area contributed by atoms with Gasteiger partial charge in [-0.25, -0.2) is 0 Å². The van der Waals surface area contributed by atoms with Crippen LogP contribution in [0.25, 0.3) is 21.3 Å². The van der Waals surface area contributed by atoms with E-state index >= 15 is 0 Å². The average Bonchev–Trinajstić information content (AvgIpc) is 3.20. The summed E-state index contributed by atoms with van der Waals surface area (Å²) in [6.07, 6.45) is 5.69. The number of nitrogens with one attached hydrogen (secondary N) is 1.